The van der Waals surface area contributed by atoms with E-state index in [1.807, 2.05) is 36.4 Å². The van der Waals surface area contributed by atoms with Crippen LogP contribution in [-0.4, -0.2) is 23.2 Å². The van der Waals surface area contributed by atoms with Gasteiger partial charge in [0.15, 0.2) is 0 Å². The van der Waals surface area contributed by atoms with Crippen molar-refractivity contribution in [3.8, 4) is 5.75 Å². The van der Waals surface area contributed by atoms with E-state index < -0.39 is 0 Å². The maximum Gasteiger partial charge on any atom is 0.140 e. The largest absolute Gasteiger partial charge is 0.508 e. The van der Waals surface area contributed by atoms with E-state index in [2.05, 4.69) is 17.0 Å². The van der Waals surface area contributed by atoms with Crippen molar-refractivity contribution in [3.63, 3.8) is 0 Å². The molecule has 1 saturated heterocycles. The molecule has 1 N–H and O–H groups in total. The number of rotatable bonds is 3. The molecule has 0 spiro atoms. The third-order valence-corrected chi connectivity index (χ3v) is 3.42. The quantitative estimate of drug-likeness (QED) is 0.915. The number of hydrogen-bond acceptors (Lipinski definition) is 3. The van der Waals surface area contributed by atoms with Gasteiger partial charge in [-0.15, -0.1) is 0 Å². The van der Waals surface area contributed by atoms with Gasteiger partial charge < -0.3 is 9.84 Å². The van der Waals surface area contributed by atoms with Gasteiger partial charge >= 0.3 is 0 Å². The van der Waals surface area contributed by atoms with E-state index in [4.69, 9.17) is 4.74 Å². The zero-order valence-electron chi connectivity index (χ0n) is 10.7. The van der Waals surface area contributed by atoms with Crippen LogP contribution in [0.3, 0.4) is 0 Å². The molecule has 3 rings (SSSR count). The predicted octanol–water partition coefficient (Wildman–Crippen LogP) is 2.92. The summed E-state index contributed by atoms with van der Waals surface area (Å²) < 4.78 is 5.77. The van der Waals surface area contributed by atoms with Gasteiger partial charge in [0.1, 0.15) is 12.0 Å². The number of hydrogen-bond donors (Lipinski definition) is 1. The Morgan fingerprint density at radius 3 is 2.58 bits per heavy atom. The van der Waals surface area contributed by atoms with Crippen LogP contribution in [0.4, 0.5) is 0 Å². The van der Waals surface area contributed by atoms with Crippen molar-refractivity contribution in [3.05, 3.63) is 65.7 Å². The van der Waals surface area contributed by atoms with Crippen LogP contribution in [0.1, 0.15) is 17.4 Å². The number of phenols is 1. The maximum atomic E-state index is 9.95. The van der Waals surface area contributed by atoms with Gasteiger partial charge in [0, 0.05) is 18.7 Å². The van der Waals surface area contributed by atoms with Crippen molar-refractivity contribution >= 4 is 0 Å². The van der Waals surface area contributed by atoms with E-state index in [0.29, 0.717) is 12.4 Å². The summed E-state index contributed by atoms with van der Waals surface area (Å²) in [5.74, 6) is 0.299. The van der Waals surface area contributed by atoms with Gasteiger partial charge in [-0.3, -0.25) is 4.90 Å². The van der Waals surface area contributed by atoms with Gasteiger partial charge in [-0.25, -0.2) is 0 Å². The average molecular weight is 255 g/mol. The Balaban J connectivity index is 1.81. The first-order valence-corrected chi connectivity index (χ1v) is 6.52. The molecule has 0 saturated carbocycles. The number of phenolic OH excluding ortho intramolecular Hbond substituents is 1. The van der Waals surface area contributed by atoms with E-state index in [9.17, 15) is 5.11 Å². The van der Waals surface area contributed by atoms with Crippen LogP contribution in [0.15, 0.2) is 54.6 Å². The number of aromatic hydroxyl groups is 1. The predicted molar refractivity (Wildman–Crippen MR) is 73.7 cm³/mol. The second kappa shape index (κ2) is 5.43. The van der Waals surface area contributed by atoms with Crippen molar-refractivity contribution in [1.29, 1.82) is 0 Å². The zero-order chi connectivity index (χ0) is 13.1. The lowest BCUT2D eigenvalue weighted by Gasteiger charge is -2.23. The van der Waals surface area contributed by atoms with E-state index in [1.54, 1.807) is 6.07 Å². The first-order valence-electron chi connectivity index (χ1n) is 6.52. The van der Waals surface area contributed by atoms with Crippen LogP contribution in [0.5, 0.6) is 5.75 Å². The first kappa shape index (κ1) is 12.2. The Bertz CT molecular complexity index is 541. The molecule has 1 heterocycles. The summed E-state index contributed by atoms with van der Waals surface area (Å²) in [4.78, 5) is 2.24. The normalized spacial score (nSPS) is 19.7. The Labute approximate surface area is 113 Å². The second-order valence-electron chi connectivity index (χ2n) is 4.74. The molecule has 1 atom stereocenters. The highest BCUT2D eigenvalue weighted by Gasteiger charge is 2.28. The molecule has 0 bridgehead atoms. The summed E-state index contributed by atoms with van der Waals surface area (Å²) in [5, 5.41) is 9.95. The fourth-order valence-electron chi connectivity index (χ4n) is 2.47. The third-order valence-electron chi connectivity index (χ3n) is 3.42. The van der Waals surface area contributed by atoms with Crippen molar-refractivity contribution in [2.75, 3.05) is 13.2 Å². The van der Waals surface area contributed by atoms with Gasteiger partial charge in [-0.1, -0.05) is 48.5 Å². The lowest BCUT2D eigenvalue weighted by Crippen LogP contribution is -2.23. The average Bonchev–Trinajstić information content (AvgIpc) is 2.88. The molecule has 3 heteroatoms. The van der Waals surface area contributed by atoms with Crippen LogP contribution in [0.25, 0.3) is 0 Å². The highest BCUT2D eigenvalue weighted by Crippen LogP contribution is 2.33. The molecule has 3 nitrogen and oxygen atoms in total. The molecule has 2 aromatic carbocycles. The first-order chi connectivity index (χ1) is 9.34. The molecule has 0 amide bonds. The summed E-state index contributed by atoms with van der Waals surface area (Å²) in [6.07, 6.45) is -0.151. The third kappa shape index (κ3) is 2.62. The van der Waals surface area contributed by atoms with Crippen LogP contribution < -0.4 is 0 Å². The lowest BCUT2D eigenvalue weighted by atomic mass is 10.1. The summed E-state index contributed by atoms with van der Waals surface area (Å²) in [6.45, 7) is 2.42. The Morgan fingerprint density at radius 1 is 1.05 bits per heavy atom. The van der Waals surface area contributed by atoms with Crippen LogP contribution in [0.2, 0.25) is 0 Å². The van der Waals surface area contributed by atoms with Gasteiger partial charge in [0.2, 0.25) is 0 Å². The lowest BCUT2D eigenvalue weighted by molar-refractivity contribution is 0.0270. The summed E-state index contributed by atoms with van der Waals surface area (Å²) in [6, 6.07) is 17.7. The van der Waals surface area contributed by atoms with Gasteiger partial charge in [-0.05, 0) is 11.6 Å². The van der Waals surface area contributed by atoms with Gasteiger partial charge in [0.25, 0.3) is 0 Å². The smallest absolute Gasteiger partial charge is 0.140 e. The molecular formula is C16H17NO2. The monoisotopic (exact) mass is 255 g/mol. The van der Waals surface area contributed by atoms with Crippen molar-refractivity contribution < 1.29 is 9.84 Å². The highest BCUT2D eigenvalue weighted by molar-refractivity contribution is 5.34. The fraction of sp³-hybridized carbons (Fsp3) is 0.250. The minimum atomic E-state index is -0.151. The van der Waals surface area contributed by atoms with Crippen molar-refractivity contribution in [2.24, 2.45) is 0 Å². The molecule has 1 aliphatic rings. The molecule has 1 fully saturated rings. The number of benzene rings is 2. The van der Waals surface area contributed by atoms with Gasteiger partial charge in [-0.2, -0.15) is 0 Å². The Hall–Kier alpha value is -1.84. The second-order valence-corrected chi connectivity index (χ2v) is 4.74. The van der Waals surface area contributed by atoms with E-state index >= 15 is 0 Å². The van der Waals surface area contributed by atoms with Crippen molar-refractivity contribution in [1.82, 2.24) is 4.90 Å². The molecule has 0 aromatic heterocycles. The molecule has 0 aliphatic carbocycles. The van der Waals surface area contributed by atoms with Crippen LogP contribution in [0, 0.1) is 0 Å². The topological polar surface area (TPSA) is 32.7 Å². The van der Waals surface area contributed by atoms with E-state index in [0.717, 1.165) is 18.7 Å². The molecule has 1 aliphatic heterocycles. The van der Waals surface area contributed by atoms with Crippen LogP contribution in [-0.2, 0) is 11.3 Å². The summed E-state index contributed by atoms with van der Waals surface area (Å²) in [5.41, 5.74) is 2.10. The summed E-state index contributed by atoms with van der Waals surface area (Å²) in [7, 11) is 0. The molecule has 1 unspecified atom stereocenters. The Morgan fingerprint density at radius 2 is 1.79 bits per heavy atom. The Kier molecular flexibility index (Phi) is 3.49. The van der Waals surface area contributed by atoms with Gasteiger partial charge in [0.05, 0.1) is 6.61 Å². The van der Waals surface area contributed by atoms with E-state index in [-0.39, 0.29) is 6.23 Å². The number of nitrogens with zero attached hydrogens (tertiary/aromatic N) is 1. The maximum absolute atomic E-state index is 9.95. The minimum Gasteiger partial charge on any atom is -0.508 e. The zero-order valence-corrected chi connectivity index (χ0v) is 10.7. The highest BCUT2D eigenvalue weighted by atomic mass is 16.5. The van der Waals surface area contributed by atoms with Crippen LogP contribution >= 0.6 is 0 Å². The molecule has 98 valence electrons. The molecule has 0 radical (unpaired) electrons. The number of para-hydroxylation sites is 1. The molecule has 19 heavy (non-hydrogen) atoms. The SMILES string of the molecule is Oc1ccccc1C1OCCN1Cc1ccccc1. The van der Waals surface area contributed by atoms with Crippen molar-refractivity contribution in [2.45, 2.75) is 12.8 Å². The minimum absolute atomic E-state index is 0.151. The summed E-state index contributed by atoms with van der Waals surface area (Å²) >= 11 is 0. The standard InChI is InChI=1S/C16H17NO2/c18-15-9-5-4-8-14(15)16-17(10-11-19-16)12-13-6-2-1-3-7-13/h1-9,16,18H,10-12H2. The van der Waals surface area contributed by atoms with E-state index in [1.165, 1.54) is 5.56 Å². The molecule has 2 aromatic rings. The number of ether oxygens (including phenoxy) is 1. The fourth-order valence-corrected chi connectivity index (χ4v) is 2.47. The molecular weight excluding hydrogens is 238 g/mol.